The van der Waals surface area contributed by atoms with Gasteiger partial charge in [-0.15, -0.1) is 10.2 Å². The van der Waals surface area contributed by atoms with E-state index in [-0.39, 0.29) is 5.56 Å². The largest absolute Gasteiger partial charge is 0.355 e. The molecular weight excluding hydrogens is 255 g/mol. The number of nitrogens with zero attached hydrogens (tertiary/aromatic N) is 3. The van der Waals surface area contributed by atoms with E-state index in [9.17, 15) is 4.39 Å². The van der Waals surface area contributed by atoms with E-state index in [2.05, 4.69) is 15.5 Å². The topological polar surface area (TPSA) is 42.7 Å². The molecular formula is C12H14ClFN4. The van der Waals surface area contributed by atoms with Crippen LogP contribution in [0.3, 0.4) is 0 Å². The van der Waals surface area contributed by atoms with Crippen molar-refractivity contribution in [3.63, 3.8) is 0 Å². The van der Waals surface area contributed by atoms with Crippen LogP contribution in [0.4, 0.5) is 10.3 Å². The second-order valence-corrected chi connectivity index (χ2v) is 4.13. The molecule has 0 unspecified atom stereocenters. The molecule has 0 aliphatic carbocycles. The van der Waals surface area contributed by atoms with E-state index >= 15 is 0 Å². The van der Waals surface area contributed by atoms with Gasteiger partial charge in [0.1, 0.15) is 5.82 Å². The van der Waals surface area contributed by atoms with Crippen LogP contribution in [0.5, 0.6) is 0 Å². The van der Waals surface area contributed by atoms with Gasteiger partial charge in [-0.3, -0.25) is 4.57 Å². The highest BCUT2D eigenvalue weighted by Gasteiger charge is 2.18. The maximum atomic E-state index is 13.9. The molecule has 0 radical (unpaired) electrons. The van der Waals surface area contributed by atoms with Crippen molar-refractivity contribution in [2.24, 2.45) is 0 Å². The summed E-state index contributed by atoms with van der Waals surface area (Å²) in [6, 6.07) is 4.57. The number of rotatable bonds is 4. The third kappa shape index (κ3) is 2.18. The Labute approximate surface area is 110 Å². The molecule has 1 N–H and O–H groups in total. The summed E-state index contributed by atoms with van der Waals surface area (Å²) >= 11 is 6.04. The molecule has 6 heteroatoms. The van der Waals surface area contributed by atoms with Gasteiger partial charge >= 0.3 is 0 Å². The van der Waals surface area contributed by atoms with Crippen molar-refractivity contribution >= 4 is 17.5 Å². The fraction of sp³-hybridized carbons (Fsp3) is 0.333. The van der Waals surface area contributed by atoms with Gasteiger partial charge in [-0.05, 0) is 26.0 Å². The average Bonchev–Trinajstić information content (AvgIpc) is 2.72. The normalized spacial score (nSPS) is 10.7. The molecule has 0 saturated heterocycles. The summed E-state index contributed by atoms with van der Waals surface area (Å²) in [5.74, 6) is 0.665. The third-order valence-electron chi connectivity index (χ3n) is 2.59. The molecule has 0 bridgehead atoms. The lowest BCUT2D eigenvalue weighted by Crippen LogP contribution is -2.07. The smallest absolute Gasteiger partial charge is 0.224 e. The van der Waals surface area contributed by atoms with E-state index in [1.165, 1.54) is 6.07 Å². The third-order valence-corrected chi connectivity index (χ3v) is 2.90. The number of benzene rings is 1. The van der Waals surface area contributed by atoms with E-state index in [0.717, 1.165) is 6.54 Å². The predicted octanol–water partition coefficient (Wildman–Crippen LogP) is 3.19. The number of anilines is 1. The first-order valence-corrected chi connectivity index (χ1v) is 6.18. The van der Waals surface area contributed by atoms with Crippen molar-refractivity contribution in [2.45, 2.75) is 20.4 Å². The number of nitrogens with one attached hydrogen (secondary N) is 1. The molecule has 0 fully saturated rings. The van der Waals surface area contributed by atoms with E-state index in [4.69, 9.17) is 11.6 Å². The maximum Gasteiger partial charge on any atom is 0.224 e. The van der Waals surface area contributed by atoms with Gasteiger partial charge in [-0.25, -0.2) is 4.39 Å². The fourth-order valence-electron chi connectivity index (χ4n) is 1.79. The average molecular weight is 269 g/mol. The van der Waals surface area contributed by atoms with Crippen LogP contribution in [0.2, 0.25) is 5.02 Å². The van der Waals surface area contributed by atoms with Crippen LogP contribution in [-0.2, 0) is 6.54 Å². The summed E-state index contributed by atoms with van der Waals surface area (Å²) in [5.41, 5.74) is 0.290. The molecule has 1 heterocycles. The SMILES string of the molecule is CCNc1nnc(-c2c(F)cccc2Cl)n1CC. The lowest BCUT2D eigenvalue weighted by Gasteiger charge is -2.09. The van der Waals surface area contributed by atoms with Crippen LogP contribution < -0.4 is 5.32 Å². The highest BCUT2D eigenvalue weighted by Crippen LogP contribution is 2.30. The molecule has 1 aromatic heterocycles. The molecule has 0 aliphatic heterocycles. The number of hydrogen-bond donors (Lipinski definition) is 1. The molecule has 0 atom stereocenters. The van der Waals surface area contributed by atoms with Gasteiger partial charge in [0.2, 0.25) is 5.95 Å². The summed E-state index contributed by atoms with van der Waals surface area (Å²) < 4.78 is 15.7. The highest BCUT2D eigenvalue weighted by atomic mass is 35.5. The zero-order valence-corrected chi connectivity index (χ0v) is 11.0. The van der Waals surface area contributed by atoms with Gasteiger partial charge in [0.05, 0.1) is 10.6 Å². The van der Waals surface area contributed by atoms with E-state index in [1.807, 2.05) is 13.8 Å². The van der Waals surface area contributed by atoms with Crippen molar-refractivity contribution in [2.75, 3.05) is 11.9 Å². The minimum atomic E-state index is -0.396. The Morgan fingerprint density at radius 3 is 2.72 bits per heavy atom. The first-order valence-electron chi connectivity index (χ1n) is 5.80. The first-order chi connectivity index (χ1) is 8.69. The van der Waals surface area contributed by atoms with Crippen LogP contribution in [0.15, 0.2) is 18.2 Å². The standard InChI is InChI=1S/C12H14ClFN4/c1-3-15-12-17-16-11(18(12)4-2)10-8(13)6-5-7-9(10)14/h5-7H,3-4H2,1-2H3,(H,15,17). The Kier molecular flexibility index (Phi) is 3.81. The number of halogens is 2. The van der Waals surface area contributed by atoms with Gasteiger partial charge in [0, 0.05) is 13.1 Å². The van der Waals surface area contributed by atoms with Crippen molar-refractivity contribution in [1.29, 1.82) is 0 Å². The summed E-state index contributed by atoms with van der Waals surface area (Å²) in [6.45, 7) is 5.27. The Bertz CT molecular complexity index is 533. The van der Waals surface area contributed by atoms with Gasteiger partial charge in [0.15, 0.2) is 5.82 Å². The summed E-state index contributed by atoms with van der Waals surface area (Å²) in [5, 5.41) is 11.4. The lowest BCUT2D eigenvalue weighted by atomic mass is 10.2. The molecule has 96 valence electrons. The first kappa shape index (κ1) is 12.8. The summed E-state index contributed by atoms with van der Waals surface area (Å²) in [4.78, 5) is 0. The number of hydrogen-bond acceptors (Lipinski definition) is 3. The second-order valence-electron chi connectivity index (χ2n) is 3.72. The Morgan fingerprint density at radius 1 is 1.33 bits per heavy atom. The second kappa shape index (κ2) is 5.35. The minimum Gasteiger partial charge on any atom is -0.355 e. The zero-order valence-electron chi connectivity index (χ0n) is 10.2. The molecule has 0 amide bonds. The predicted molar refractivity (Wildman–Crippen MR) is 70.3 cm³/mol. The zero-order chi connectivity index (χ0) is 13.1. The highest BCUT2D eigenvalue weighted by molar-refractivity contribution is 6.33. The van der Waals surface area contributed by atoms with Crippen LogP contribution in [-0.4, -0.2) is 21.3 Å². The van der Waals surface area contributed by atoms with Crippen molar-refractivity contribution in [3.8, 4) is 11.4 Å². The van der Waals surface area contributed by atoms with Crippen LogP contribution in [0.1, 0.15) is 13.8 Å². The molecule has 4 nitrogen and oxygen atoms in total. The van der Waals surface area contributed by atoms with Crippen LogP contribution in [0.25, 0.3) is 11.4 Å². The van der Waals surface area contributed by atoms with E-state index in [1.54, 1.807) is 16.7 Å². The van der Waals surface area contributed by atoms with E-state index in [0.29, 0.717) is 23.3 Å². The quantitative estimate of drug-likeness (QED) is 0.926. The Morgan fingerprint density at radius 2 is 2.11 bits per heavy atom. The molecule has 2 aromatic rings. The van der Waals surface area contributed by atoms with E-state index < -0.39 is 5.82 Å². The molecule has 0 saturated carbocycles. The fourth-order valence-corrected chi connectivity index (χ4v) is 2.04. The Balaban J connectivity index is 2.57. The molecule has 0 spiro atoms. The van der Waals surface area contributed by atoms with Crippen LogP contribution >= 0.6 is 11.6 Å². The van der Waals surface area contributed by atoms with Gasteiger partial charge in [-0.2, -0.15) is 0 Å². The maximum absolute atomic E-state index is 13.9. The molecule has 2 rings (SSSR count). The summed E-state index contributed by atoms with van der Waals surface area (Å²) in [7, 11) is 0. The minimum absolute atomic E-state index is 0.290. The Hall–Kier alpha value is -1.62. The monoisotopic (exact) mass is 268 g/mol. The van der Waals surface area contributed by atoms with Crippen molar-refractivity contribution < 1.29 is 4.39 Å². The lowest BCUT2D eigenvalue weighted by molar-refractivity contribution is 0.627. The van der Waals surface area contributed by atoms with Gasteiger partial charge in [-0.1, -0.05) is 17.7 Å². The molecule has 1 aromatic carbocycles. The summed E-state index contributed by atoms with van der Waals surface area (Å²) in [6.07, 6.45) is 0. The van der Waals surface area contributed by atoms with Crippen LogP contribution in [0, 0.1) is 5.82 Å². The number of aromatic nitrogens is 3. The van der Waals surface area contributed by atoms with Crippen molar-refractivity contribution in [3.05, 3.63) is 29.0 Å². The van der Waals surface area contributed by atoms with Gasteiger partial charge < -0.3 is 5.32 Å². The van der Waals surface area contributed by atoms with Gasteiger partial charge in [0.25, 0.3) is 0 Å². The molecule has 0 aliphatic rings. The van der Waals surface area contributed by atoms with Crippen molar-refractivity contribution in [1.82, 2.24) is 14.8 Å². The molecule has 18 heavy (non-hydrogen) atoms.